The van der Waals surface area contributed by atoms with Gasteiger partial charge in [-0.25, -0.2) is 9.36 Å². The van der Waals surface area contributed by atoms with Crippen LogP contribution in [0.2, 0.25) is 0 Å². The second-order valence-corrected chi connectivity index (χ2v) is 29.2. The zero-order chi connectivity index (χ0) is 87.5. The normalized spacial score (nSPS) is 32.1. The van der Waals surface area contributed by atoms with E-state index in [0.717, 1.165) is 0 Å². The van der Waals surface area contributed by atoms with E-state index in [1.807, 2.05) is 0 Å². The van der Waals surface area contributed by atoms with Crippen molar-refractivity contribution in [1.29, 1.82) is 0 Å². The number of aliphatic hydroxyl groups is 12. The van der Waals surface area contributed by atoms with Crippen LogP contribution < -0.4 is 26.6 Å². The summed E-state index contributed by atoms with van der Waals surface area (Å²) in [7, 11) is -5.53. The predicted molar refractivity (Wildman–Crippen MR) is 387 cm³/mol. The van der Waals surface area contributed by atoms with E-state index in [2.05, 4.69) is 26.6 Å². The number of aliphatic hydroxyl groups excluding tert-OH is 12. The second kappa shape index (κ2) is 48.1. The molecule has 0 aliphatic carbocycles. The molecule has 47 heteroatoms. The standard InChI is InChI=1S/C71H112N5O41P/c1-7-34(106-47(88)9-3)25-45(86)75-52-62(112-49(90)11-5)56(94)41(32-105-67-53(76-46(87)26-35(8-2)107-48(89)10-4)64(113-50(91)12-6)61(40(31-80)109-67)117-118(100,101)102)111-66(52)103-22-20-72-42(83)18-19-43(84)73-21-23-104-68-58(96)57(95)60(39(30-79)110-68)114-69-59(97)65(55(93)38(29-78)108-69)116-71(70(98)99)27-36(81)51(63(115-71)54(92)37(82)28-77)74-44(85)24-33-16-14-13-15-17-33/h13-17,34-41,51-69,77-82,92-97H,7-12,18-32H2,1-6H3,(H,72,83)(H,73,84)(H,74,85)(H,75,86)(H,76,87)(H,98,99)(H2,100,101,102)/t34-,35-,36?,37-,38?,39?,40?,41?,51-,52?,53?,54-,55+,56-,57?,58?,59?,60-,61-,62?,63?,64?,65?,66-,67-,68-,69+,71+/m1/s1. The molecule has 46 nitrogen and oxygen atoms in total. The van der Waals surface area contributed by atoms with E-state index < -0.39 is 317 Å². The lowest BCUT2D eigenvalue weighted by atomic mass is 9.88. The first-order chi connectivity index (χ1) is 56.0. The van der Waals surface area contributed by atoms with Crippen LogP contribution in [0.1, 0.15) is 118 Å². The third-order valence-corrected chi connectivity index (χ3v) is 20.0. The number of carboxylic acids is 1. The summed E-state index contributed by atoms with van der Waals surface area (Å²) in [5, 5.41) is 155. The molecule has 1 aromatic rings. The van der Waals surface area contributed by atoms with E-state index in [4.69, 9.17) is 70.8 Å². The molecule has 5 saturated heterocycles. The Morgan fingerprint density at radius 1 is 0.525 bits per heavy atom. The fourth-order valence-electron chi connectivity index (χ4n) is 13.1. The Morgan fingerprint density at radius 3 is 1.51 bits per heavy atom. The highest BCUT2D eigenvalue weighted by Crippen LogP contribution is 2.44. The fraction of sp³-hybridized carbons (Fsp3) is 0.775. The number of esters is 4. The van der Waals surface area contributed by atoms with Gasteiger partial charge in [0.2, 0.25) is 29.5 Å². The topological polar surface area (TPSA) is 690 Å². The van der Waals surface area contributed by atoms with Crippen LogP contribution in [-0.4, -0.2) is 366 Å². The van der Waals surface area contributed by atoms with Gasteiger partial charge in [0.05, 0.1) is 77.7 Å². The highest BCUT2D eigenvalue weighted by atomic mass is 31.2. The number of phosphoric acid groups is 1. The lowest BCUT2D eigenvalue weighted by Gasteiger charge is -2.50. The van der Waals surface area contributed by atoms with Crippen LogP contribution in [-0.2, 0) is 130 Å². The maximum Gasteiger partial charge on any atom is 0.470 e. The van der Waals surface area contributed by atoms with Crippen molar-refractivity contribution in [3.8, 4) is 0 Å². The molecular formula is C71H112N5O41P. The van der Waals surface area contributed by atoms with Gasteiger partial charge in [0.1, 0.15) is 116 Å². The maximum atomic E-state index is 13.9. The monoisotopic (exact) mass is 1720 g/mol. The van der Waals surface area contributed by atoms with E-state index in [-0.39, 0.29) is 58.0 Å². The quantitative estimate of drug-likeness (QED) is 0.0125. The van der Waals surface area contributed by atoms with Crippen LogP contribution in [0, 0.1) is 0 Å². The largest absolute Gasteiger partial charge is 0.477 e. The van der Waals surface area contributed by atoms with Crippen LogP contribution >= 0.6 is 7.82 Å². The SMILES string of the molecule is CCC(=O)OC1C(NC(=O)C[C@@H](CC)OC(=O)CC)[C@H](OCCNC(=O)CCC(=O)NCCO[C@@H]2OC(CO)[C@@H](O[C@@H]3OC(CO)[C@H](O)C(O[C@]4(C(=O)O)CC(O)[C@@H](NC(=O)Cc5ccccc5)C([C@H](O)[C@H](O)CO)O4)C3O)C(O)C2O)OC(CO[C@@H]2OC(CO)[C@@H](OP(=O)(O)O)C(OC(=O)CC)C2NC(=O)C[C@@H](CC)OC(=O)CC)[C@H]1O. The van der Waals surface area contributed by atoms with Gasteiger partial charge in [0.15, 0.2) is 37.4 Å². The zero-order valence-electron chi connectivity index (χ0n) is 65.6. The lowest BCUT2D eigenvalue weighted by molar-refractivity contribution is -0.386. The minimum Gasteiger partial charge on any atom is -0.477 e. The molecule has 5 aliphatic heterocycles. The van der Waals surface area contributed by atoms with Crippen LogP contribution in [0.4, 0.5) is 0 Å². The minimum absolute atomic E-state index is 0.0391. The van der Waals surface area contributed by atoms with Gasteiger partial charge in [-0.15, -0.1) is 0 Å². The molecular weight excluding hydrogens is 1610 g/mol. The van der Waals surface area contributed by atoms with Crippen molar-refractivity contribution in [1.82, 2.24) is 26.6 Å². The van der Waals surface area contributed by atoms with Gasteiger partial charge < -0.3 is 169 Å². The van der Waals surface area contributed by atoms with Crippen molar-refractivity contribution in [3.05, 3.63) is 35.9 Å². The van der Waals surface area contributed by atoms with Crippen molar-refractivity contribution in [2.45, 2.75) is 290 Å². The minimum atomic E-state index is -5.53. The van der Waals surface area contributed by atoms with Crippen molar-refractivity contribution in [3.63, 3.8) is 0 Å². The Labute approximate surface area is 676 Å². The molecule has 118 heavy (non-hydrogen) atoms. The van der Waals surface area contributed by atoms with Gasteiger partial charge >= 0.3 is 37.7 Å². The van der Waals surface area contributed by atoms with Gasteiger partial charge in [0, 0.05) is 58.0 Å². The molecule has 6 rings (SSSR count). The summed E-state index contributed by atoms with van der Waals surface area (Å²) in [4.78, 5) is 151. The van der Waals surface area contributed by atoms with Gasteiger partial charge in [-0.2, -0.15) is 0 Å². The van der Waals surface area contributed by atoms with E-state index >= 15 is 0 Å². The van der Waals surface area contributed by atoms with Crippen LogP contribution in [0.3, 0.4) is 0 Å². The van der Waals surface area contributed by atoms with Gasteiger partial charge in [-0.3, -0.25) is 47.7 Å². The molecule has 14 unspecified atom stereocenters. The highest BCUT2D eigenvalue weighted by molar-refractivity contribution is 7.46. The number of hydrogen-bond donors (Lipinski definition) is 20. The summed E-state index contributed by atoms with van der Waals surface area (Å²) in [6, 6.07) is 3.02. The van der Waals surface area contributed by atoms with Crippen molar-refractivity contribution in [2.75, 3.05) is 59.3 Å². The molecule has 5 fully saturated rings. The molecule has 28 atom stereocenters. The van der Waals surface area contributed by atoms with Crippen molar-refractivity contribution < 1.29 is 200 Å². The van der Waals surface area contributed by atoms with Crippen molar-refractivity contribution >= 4 is 67.2 Å². The summed E-state index contributed by atoms with van der Waals surface area (Å²) >= 11 is 0. The van der Waals surface area contributed by atoms with Gasteiger partial charge in [-0.05, 0) is 18.4 Å². The second-order valence-electron chi connectivity index (χ2n) is 28.1. The fourth-order valence-corrected chi connectivity index (χ4v) is 13.7. The summed E-state index contributed by atoms with van der Waals surface area (Å²) in [6.07, 6.45) is -49.6. The Balaban J connectivity index is 1.08. The number of amides is 5. The molecule has 0 spiro atoms. The Kier molecular flexibility index (Phi) is 40.8. The number of rotatable bonds is 46. The molecule has 20 N–H and O–H groups in total. The Morgan fingerprint density at radius 2 is 1.00 bits per heavy atom. The number of hydrogen-bond acceptors (Lipinski definition) is 38. The van der Waals surface area contributed by atoms with E-state index in [1.54, 1.807) is 44.2 Å². The molecule has 5 amide bonds. The third kappa shape index (κ3) is 28.6. The number of aliphatic carboxylic acids is 1. The lowest BCUT2D eigenvalue weighted by Crippen LogP contribution is -2.71. The number of carboxylic acid groups (broad SMARTS) is 1. The number of ether oxygens (including phenoxy) is 14. The molecule has 0 bridgehead atoms. The summed E-state index contributed by atoms with van der Waals surface area (Å²) in [5.74, 6) is -12.5. The molecule has 5 heterocycles. The average molecular weight is 1720 g/mol. The van der Waals surface area contributed by atoms with Crippen LogP contribution in [0.15, 0.2) is 30.3 Å². The Bertz CT molecular complexity index is 3430. The van der Waals surface area contributed by atoms with Crippen LogP contribution in [0.5, 0.6) is 0 Å². The van der Waals surface area contributed by atoms with E-state index in [9.17, 15) is 129 Å². The first-order valence-electron chi connectivity index (χ1n) is 38.5. The Hall–Kier alpha value is -6.85. The third-order valence-electron chi connectivity index (χ3n) is 19.5. The van der Waals surface area contributed by atoms with Crippen molar-refractivity contribution in [2.24, 2.45) is 0 Å². The molecule has 0 aromatic heterocycles. The number of phosphoric ester groups is 1. The summed E-state index contributed by atoms with van der Waals surface area (Å²) < 4.78 is 97.8. The number of nitrogens with one attached hydrogen (secondary N) is 5. The summed E-state index contributed by atoms with van der Waals surface area (Å²) in [6.45, 7) is 2.11. The smallest absolute Gasteiger partial charge is 0.470 e. The first-order valence-corrected chi connectivity index (χ1v) is 40.1. The van der Waals surface area contributed by atoms with Gasteiger partial charge in [-0.1, -0.05) is 71.9 Å². The number of carbonyl (C=O) groups is 10. The molecule has 1 aromatic carbocycles. The summed E-state index contributed by atoms with van der Waals surface area (Å²) in [5.41, 5.74) is 0.498. The molecule has 0 radical (unpaired) electrons. The average Bonchev–Trinajstić information content (AvgIpc) is 0.758. The molecule has 672 valence electrons. The number of benzene rings is 1. The first kappa shape index (κ1) is 100.0. The molecule has 5 aliphatic rings. The van der Waals surface area contributed by atoms with E-state index in [0.29, 0.717) is 5.56 Å². The van der Waals surface area contributed by atoms with Gasteiger partial charge in [0.25, 0.3) is 5.79 Å². The van der Waals surface area contributed by atoms with Crippen LogP contribution in [0.25, 0.3) is 0 Å². The zero-order valence-corrected chi connectivity index (χ0v) is 66.5. The maximum absolute atomic E-state index is 13.9. The molecule has 0 saturated carbocycles. The highest BCUT2D eigenvalue weighted by Gasteiger charge is 2.61. The number of carbonyl (C=O) groups excluding carboxylic acids is 9. The predicted octanol–water partition coefficient (Wildman–Crippen LogP) is -7.79. The van der Waals surface area contributed by atoms with E-state index in [1.165, 1.54) is 27.7 Å².